The predicted octanol–water partition coefficient (Wildman–Crippen LogP) is 3.02. The Morgan fingerprint density at radius 3 is 2.68 bits per heavy atom. The van der Waals surface area contributed by atoms with Gasteiger partial charge in [0.05, 0.1) is 13.2 Å². The topological polar surface area (TPSA) is 28.6 Å². The van der Waals surface area contributed by atoms with Crippen LogP contribution in [0.15, 0.2) is 12.1 Å². The van der Waals surface area contributed by atoms with Crippen LogP contribution >= 0.6 is 0 Å². The molecule has 2 saturated heterocycles. The third-order valence-electron chi connectivity index (χ3n) is 4.77. The molecule has 122 valence electrons. The molecule has 0 radical (unpaired) electrons. The number of anilines is 1. The summed E-state index contributed by atoms with van der Waals surface area (Å²) in [4.78, 5) is 9.87. The van der Waals surface area contributed by atoms with Gasteiger partial charge in [-0.05, 0) is 43.9 Å². The van der Waals surface area contributed by atoms with E-state index in [0.29, 0.717) is 6.04 Å². The zero-order chi connectivity index (χ0) is 15.5. The Kier molecular flexibility index (Phi) is 4.99. The standard InChI is InChI=1S/C18H29N3O/c1-14(2)13-21-8-4-5-17(21)16-6-7-18(19-15(16)3)20-9-11-22-12-10-20/h6-7,14,17H,4-5,8-13H2,1-3H3. The Balaban J connectivity index is 1.76. The van der Waals surface area contributed by atoms with E-state index in [1.165, 1.54) is 37.2 Å². The molecule has 22 heavy (non-hydrogen) atoms. The number of rotatable bonds is 4. The van der Waals surface area contributed by atoms with Gasteiger partial charge in [-0.2, -0.15) is 0 Å². The van der Waals surface area contributed by atoms with Crippen molar-refractivity contribution in [3.05, 3.63) is 23.4 Å². The van der Waals surface area contributed by atoms with Crippen molar-refractivity contribution >= 4 is 5.82 Å². The molecule has 4 heteroatoms. The molecule has 0 saturated carbocycles. The average molecular weight is 303 g/mol. The summed E-state index contributed by atoms with van der Waals surface area (Å²) in [7, 11) is 0. The second-order valence-electron chi connectivity index (χ2n) is 6.99. The fourth-order valence-electron chi connectivity index (χ4n) is 3.75. The first-order chi connectivity index (χ1) is 10.6. The van der Waals surface area contributed by atoms with Gasteiger partial charge in [0.1, 0.15) is 5.82 Å². The van der Waals surface area contributed by atoms with E-state index in [1.54, 1.807) is 0 Å². The van der Waals surface area contributed by atoms with Gasteiger partial charge in [0.2, 0.25) is 0 Å². The molecule has 4 nitrogen and oxygen atoms in total. The summed E-state index contributed by atoms with van der Waals surface area (Å²) >= 11 is 0. The van der Waals surface area contributed by atoms with Crippen LogP contribution in [0.25, 0.3) is 0 Å². The second-order valence-corrected chi connectivity index (χ2v) is 6.99. The summed E-state index contributed by atoms with van der Waals surface area (Å²) in [6.07, 6.45) is 2.58. The van der Waals surface area contributed by atoms with Crippen LogP contribution in [0.1, 0.15) is 44.0 Å². The molecule has 0 aliphatic carbocycles. The van der Waals surface area contributed by atoms with E-state index in [0.717, 1.165) is 38.0 Å². The number of hydrogen-bond donors (Lipinski definition) is 0. The normalized spacial score (nSPS) is 23.5. The van der Waals surface area contributed by atoms with E-state index in [1.807, 2.05) is 0 Å². The Bertz CT molecular complexity index is 497. The van der Waals surface area contributed by atoms with Crippen LogP contribution in [-0.2, 0) is 4.74 Å². The largest absolute Gasteiger partial charge is 0.378 e. The molecule has 0 N–H and O–H groups in total. The molecule has 2 fully saturated rings. The van der Waals surface area contributed by atoms with Crippen molar-refractivity contribution in [3.8, 4) is 0 Å². The number of nitrogens with zero attached hydrogens (tertiary/aromatic N) is 3. The van der Waals surface area contributed by atoms with Gasteiger partial charge in [0.25, 0.3) is 0 Å². The van der Waals surface area contributed by atoms with Crippen molar-refractivity contribution in [2.45, 2.75) is 39.7 Å². The molecule has 3 rings (SSSR count). The highest BCUT2D eigenvalue weighted by molar-refractivity contribution is 5.43. The molecule has 1 unspecified atom stereocenters. The number of hydrogen-bond acceptors (Lipinski definition) is 4. The van der Waals surface area contributed by atoms with E-state index in [4.69, 9.17) is 9.72 Å². The van der Waals surface area contributed by atoms with Gasteiger partial charge in [-0.3, -0.25) is 4.90 Å². The van der Waals surface area contributed by atoms with Crippen LogP contribution in [0.5, 0.6) is 0 Å². The molecule has 1 aromatic heterocycles. The Morgan fingerprint density at radius 2 is 2.00 bits per heavy atom. The quantitative estimate of drug-likeness (QED) is 0.855. The second kappa shape index (κ2) is 6.97. The van der Waals surface area contributed by atoms with Crippen LogP contribution in [-0.4, -0.2) is 49.3 Å². The lowest BCUT2D eigenvalue weighted by molar-refractivity contribution is 0.122. The van der Waals surface area contributed by atoms with E-state index < -0.39 is 0 Å². The minimum Gasteiger partial charge on any atom is -0.378 e. The van der Waals surface area contributed by atoms with Gasteiger partial charge in [0, 0.05) is 31.4 Å². The average Bonchev–Trinajstić information content (AvgIpc) is 2.95. The van der Waals surface area contributed by atoms with Crippen molar-refractivity contribution in [2.24, 2.45) is 5.92 Å². The lowest BCUT2D eigenvalue weighted by Crippen LogP contribution is -2.37. The zero-order valence-corrected chi connectivity index (χ0v) is 14.2. The predicted molar refractivity (Wildman–Crippen MR) is 90.4 cm³/mol. The molecule has 0 aromatic carbocycles. The summed E-state index contributed by atoms with van der Waals surface area (Å²) in [5, 5.41) is 0. The number of ether oxygens (including phenoxy) is 1. The maximum absolute atomic E-state index is 5.43. The zero-order valence-electron chi connectivity index (χ0n) is 14.2. The van der Waals surface area contributed by atoms with Crippen molar-refractivity contribution < 1.29 is 4.74 Å². The molecule has 0 spiro atoms. The monoisotopic (exact) mass is 303 g/mol. The Hall–Kier alpha value is -1.13. The molecular weight excluding hydrogens is 274 g/mol. The summed E-state index contributed by atoms with van der Waals surface area (Å²) in [5.41, 5.74) is 2.62. The van der Waals surface area contributed by atoms with Crippen LogP contribution in [0.3, 0.4) is 0 Å². The Labute approximate surface area is 134 Å². The van der Waals surface area contributed by atoms with Gasteiger partial charge in [-0.15, -0.1) is 0 Å². The van der Waals surface area contributed by atoms with Gasteiger partial charge in [-0.1, -0.05) is 19.9 Å². The molecule has 0 bridgehead atoms. The highest BCUT2D eigenvalue weighted by Crippen LogP contribution is 2.34. The van der Waals surface area contributed by atoms with Crippen molar-refractivity contribution in [1.29, 1.82) is 0 Å². The molecule has 3 heterocycles. The van der Waals surface area contributed by atoms with Crippen LogP contribution in [0.2, 0.25) is 0 Å². The van der Waals surface area contributed by atoms with E-state index in [2.05, 4.69) is 42.7 Å². The number of likely N-dealkylation sites (tertiary alicyclic amines) is 1. The molecule has 1 atom stereocenters. The van der Waals surface area contributed by atoms with Crippen LogP contribution < -0.4 is 4.90 Å². The molecule has 0 amide bonds. The summed E-state index contributed by atoms with van der Waals surface area (Å²) in [6, 6.07) is 5.09. The van der Waals surface area contributed by atoms with E-state index >= 15 is 0 Å². The first-order valence-electron chi connectivity index (χ1n) is 8.69. The van der Waals surface area contributed by atoms with E-state index in [9.17, 15) is 0 Å². The molecule has 1 aromatic rings. The number of pyridine rings is 1. The molecule has 2 aliphatic heterocycles. The highest BCUT2D eigenvalue weighted by atomic mass is 16.5. The smallest absolute Gasteiger partial charge is 0.128 e. The van der Waals surface area contributed by atoms with E-state index in [-0.39, 0.29) is 0 Å². The first-order valence-corrected chi connectivity index (χ1v) is 8.69. The van der Waals surface area contributed by atoms with Gasteiger partial charge in [-0.25, -0.2) is 4.98 Å². The third kappa shape index (κ3) is 3.44. The molecule has 2 aliphatic rings. The highest BCUT2D eigenvalue weighted by Gasteiger charge is 2.28. The third-order valence-corrected chi connectivity index (χ3v) is 4.77. The van der Waals surface area contributed by atoms with Crippen molar-refractivity contribution in [3.63, 3.8) is 0 Å². The fraction of sp³-hybridized carbons (Fsp3) is 0.722. The first kappa shape index (κ1) is 15.8. The van der Waals surface area contributed by atoms with Crippen molar-refractivity contribution in [2.75, 3.05) is 44.3 Å². The lowest BCUT2D eigenvalue weighted by Gasteiger charge is -2.30. The lowest BCUT2D eigenvalue weighted by atomic mass is 10.0. The minimum absolute atomic E-state index is 0.564. The summed E-state index contributed by atoms with van der Waals surface area (Å²) < 4.78 is 5.43. The van der Waals surface area contributed by atoms with Gasteiger partial charge >= 0.3 is 0 Å². The number of aryl methyl sites for hydroxylation is 1. The number of morpholine rings is 1. The van der Waals surface area contributed by atoms with Crippen LogP contribution in [0, 0.1) is 12.8 Å². The van der Waals surface area contributed by atoms with Crippen LogP contribution in [0.4, 0.5) is 5.82 Å². The SMILES string of the molecule is Cc1nc(N2CCOCC2)ccc1C1CCCN1CC(C)C. The fourth-order valence-corrected chi connectivity index (χ4v) is 3.75. The minimum atomic E-state index is 0.564. The molecular formula is C18H29N3O. The number of aromatic nitrogens is 1. The summed E-state index contributed by atoms with van der Waals surface area (Å²) in [5.74, 6) is 1.83. The maximum atomic E-state index is 5.43. The van der Waals surface area contributed by atoms with Crippen molar-refractivity contribution in [1.82, 2.24) is 9.88 Å². The van der Waals surface area contributed by atoms with Gasteiger partial charge in [0.15, 0.2) is 0 Å². The maximum Gasteiger partial charge on any atom is 0.128 e. The summed E-state index contributed by atoms with van der Waals surface area (Å²) in [6.45, 7) is 12.7. The van der Waals surface area contributed by atoms with Gasteiger partial charge < -0.3 is 9.64 Å². The Morgan fingerprint density at radius 1 is 1.23 bits per heavy atom.